The fourth-order valence-corrected chi connectivity index (χ4v) is 4.29. The molecule has 0 saturated carbocycles. The second-order valence-corrected chi connectivity index (χ2v) is 8.28. The Morgan fingerprint density at radius 2 is 2.00 bits per heavy atom. The Morgan fingerprint density at radius 3 is 2.70 bits per heavy atom. The molecule has 4 nitrogen and oxygen atoms in total. The molecule has 0 amide bonds. The van der Waals surface area contributed by atoms with Crippen LogP contribution in [0.2, 0.25) is 5.02 Å². The molecule has 2 aromatic rings. The lowest BCUT2D eigenvalue weighted by Gasteiger charge is -2.12. The first-order chi connectivity index (χ1) is 10.8. The maximum Gasteiger partial charge on any atom is 0.297 e. The number of rotatable bonds is 4. The molecule has 0 saturated heterocycles. The Bertz CT molecular complexity index is 834. The molecule has 0 spiro atoms. The lowest BCUT2D eigenvalue weighted by atomic mass is 10.1. The van der Waals surface area contributed by atoms with Crippen LogP contribution in [-0.2, 0) is 20.7 Å². The van der Waals surface area contributed by atoms with Crippen LogP contribution in [0.15, 0.2) is 45.8 Å². The van der Waals surface area contributed by atoms with E-state index in [1.807, 2.05) is 13.0 Å². The van der Waals surface area contributed by atoms with Crippen LogP contribution >= 0.6 is 27.5 Å². The summed E-state index contributed by atoms with van der Waals surface area (Å²) in [5, 5.41) is 0.605. The monoisotopic (exact) mass is 416 g/mol. The fraction of sp³-hybridized carbons (Fsp3) is 0.250. The molecule has 0 fully saturated rings. The average molecular weight is 418 g/mol. The fourth-order valence-electron chi connectivity index (χ4n) is 2.38. The SMILES string of the molecule is Cc1ccc(S(=O)(=O)OCC2Cc3cc(Cl)cc(Br)c3O2)cc1. The van der Waals surface area contributed by atoms with E-state index in [-0.39, 0.29) is 17.6 Å². The van der Waals surface area contributed by atoms with Crippen LogP contribution in [0.4, 0.5) is 0 Å². The molecule has 0 aromatic heterocycles. The van der Waals surface area contributed by atoms with Crippen LogP contribution < -0.4 is 4.74 Å². The summed E-state index contributed by atoms with van der Waals surface area (Å²) in [4.78, 5) is 0.142. The molecule has 3 rings (SSSR count). The summed E-state index contributed by atoms with van der Waals surface area (Å²) in [7, 11) is -3.79. The van der Waals surface area contributed by atoms with E-state index < -0.39 is 10.1 Å². The summed E-state index contributed by atoms with van der Waals surface area (Å²) in [5.74, 6) is 0.690. The molecular formula is C16H14BrClO4S. The van der Waals surface area contributed by atoms with Gasteiger partial charge in [-0.15, -0.1) is 0 Å². The molecule has 1 atom stereocenters. The van der Waals surface area contributed by atoms with Crippen molar-refractivity contribution in [3.05, 3.63) is 57.0 Å². The number of hydrogen-bond acceptors (Lipinski definition) is 4. The van der Waals surface area contributed by atoms with Gasteiger partial charge >= 0.3 is 0 Å². The predicted molar refractivity (Wildman–Crippen MR) is 91.6 cm³/mol. The first kappa shape index (κ1) is 16.8. The molecule has 0 aliphatic carbocycles. The Balaban J connectivity index is 1.68. The van der Waals surface area contributed by atoms with E-state index in [0.29, 0.717) is 17.2 Å². The minimum atomic E-state index is -3.79. The molecule has 1 heterocycles. The third kappa shape index (κ3) is 3.71. The van der Waals surface area contributed by atoms with Gasteiger partial charge in [-0.25, -0.2) is 0 Å². The normalized spacial score (nSPS) is 16.9. The number of hydrogen-bond donors (Lipinski definition) is 0. The average Bonchev–Trinajstić information content (AvgIpc) is 2.89. The van der Waals surface area contributed by atoms with Gasteiger partial charge in [-0.3, -0.25) is 4.18 Å². The van der Waals surface area contributed by atoms with Crippen LogP contribution in [0.1, 0.15) is 11.1 Å². The second-order valence-electron chi connectivity index (χ2n) is 5.37. The topological polar surface area (TPSA) is 52.6 Å². The third-order valence-corrected chi connectivity index (χ3v) is 5.64. The number of aryl methyl sites for hydroxylation is 1. The van der Waals surface area contributed by atoms with E-state index in [2.05, 4.69) is 15.9 Å². The first-order valence-electron chi connectivity index (χ1n) is 6.96. The van der Waals surface area contributed by atoms with E-state index in [4.69, 9.17) is 20.5 Å². The Morgan fingerprint density at radius 1 is 1.30 bits per heavy atom. The highest BCUT2D eigenvalue weighted by atomic mass is 79.9. The molecule has 1 aliphatic rings. The lowest BCUT2D eigenvalue weighted by molar-refractivity contribution is 0.151. The van der Waals surface area contributed by atoms with Crippen molar-refractivity contribution in [2.24, 2.45) is 0 Å². The molecule has 1 aliphatic heterocycles. The molecule has 0 N–H and O–H groups in total. The van der Waals surface area contributed by atoms with Gasteiger partial charge in [0.1, 0.15) is 18.5 Å². The summed E-state index contributed by atoms with van der Waals surface area (Å²) < 4.78 is 36.0. The summed E-state index contributed by atoms with van der Waals surface area (Å²) in [6.07, 6.45) is 0.192. The van der Waals surface area contributed by atoms with Gasteiger partial charge in [-0.2, -0.15) is 8.42 Å². The zero-order valence-electron chi connectivity index (χ0n) is 12.3. The van der Waals surface area contributed by atoms with Crippen molar-refractivity contribution in [3.63, 3.8) is 0 Å². The minimum absolute atomic E-state index is 0.0467. The van der Waals surface area contributed by atoms with Gasteiger partial charge < -0.3 is 4.74 Å². The largest absolute Gasteiger partial charge is 0.486 e. The van der Waals surface area contributed by atoms with Gasteiger partial charge in [0.05, 0.1) is 9.37 Å². The Kier molecular flexibility index (Phi) is 4.69. The van der Waals surface area contributed by atoms with Crippen LogP contribution in [0, 0.1) is 6.92 Å². The molecule has 2 aromatic carbocycles. The Labute approximate surface area is 148 Å². The molecule has 23 heavy (non-hydrogen) atoms. The molecule has 7 heteroatoms. The second kappa shape index (κ2) is 6.43. The number of ether oxygens (including phenoxy) is 1. The van der Waals surface area contributed by atoms with Gasteiger partial charge in [0.15, 0.2) is 0 Å². The number of halogens is 2. The number of fused-ring (bicyclic) bond motifs is 1. The summed E-state index contributed by atoms with van der Waals surface area (Å²) in [6, 6.07) is 10.1. The van der Waals surface area contributed by atoms with Crippen LogP contribution in [0.5, 0.6) is 5.75 Å². The van der Waals surface area contributed by atoms with Crippen LogP contribution in [0.3, 0.4) is 0 Å². The van der Waals surface area contributed by atoms with Crippen molar-refractivity contribution < 1.29 is 17.3 Å². The van der Waals surface area contributed by atoms with Gasteiger partial charge in [0, 0.05) is 17.0 Å². The summed E-state index contributed by atoms with van der Waals surface area (Å²) in [6.45, 7) is 1.85. The zero-order valence-corrected chi connectivity index (χ0v) is 15.4. The molecule has 1 unspecified atom stereocenters. The molecule has 122 valence electrons. The van der Waals surface area contributed by atoms with E-state index in [1.54, 1.807) is 18.2 Å². The first-order valence-corrected chi connectivity index (χ1v) is 9.54. The maximum absolute atomic E-state index is 12.2. The quantitative estimate of drug-likeness (QED) is 0.702. The van der Waals surface area contributed by atoms with Crippen LogP contribution in [0.25, 0.3) is 0 Å². The highest BCUT2D eigenvalue weighted by Crippen LogP contribution is 2.38. The molecule has 0 bridgehead atoms. The molecular weight excluding hydrogens is 404 g/mol. The maximum atomic E-state index is 12.2. The number of benzene rings is 2. The van der Waals surface area contributed by atoms with Gasteiger partial charge in [0.2, 0.25) is 0 Å². The smallest absolute Gasteiger partial charge is 0.297 e. The zero-order chi connectivity index (χ0) is 16.6. The van der Waals surface area contributed by atoms with Gasteiger partial charge in [-0.05, 0) is 47.1 Å². The van der Waals surface area contributed by atoms with E-state index in [1.165, 1.54) is 12.1 Å². The van der Waals surface area contributed by atoms with Crippen molar-refractivity contribution in [2.45, 2.75) is 24.3 Å². The highest BCUT2D eigenvalue weighted by molar-refractivity contribution is 9.10. The van der Waals surface area contributed by atoms with Crippen molar-refractivity contribution in [3.8, 4) is 5.75 Å². The molecule has 0 radical (unpaired) electrons. The van der Waals surface area contributed by atoms with Gasteiger partial charge in [-0.1, -0.05) is 29.3 Å². The minimum Gasteiger partial charge on any atom is -0.486 e. The van der Waals surface area contributed by atoms with Crippen molar-refractivity contribution in [1.82, 2.24) is 0 Å². The van der Waals surface area contributed by atoms with Crippen molar-refractivity contribution in [1.29, 1.82) is 0 Å². The van der Waals surface area contributed by atoms with Gasteiger partial charge in [0.25, 0.3) is 10.1 Å². The predicted octanol–water partition coefficient (Wildman–Crippen LogP) is 4.12. The summed E-state index contributed by atoms with van der Waals surface area (Å²) >= 11 is 9.40. The van der Waals surface area contributed by atoms with Crippen LogP contribution in [-0.4, -0.2) is 21.1 Å². The highest BCUT2D eigenvalue weighted by Gasteiger charge is 2.28. The van der Waals surface area contributed by atoms with Crippen molar-refractivity contribution >= 4 is 37.6 Å². The van der Waals surface area contributed by atoms with E-state index in [9.17, 15) is 8.42 Å². The summed E-state index contributed by atoms with van der Waals surface area (Å²) in [5.41, 5.74) is 1.92. The van der Waals surface area contributed by atoms with E-state index >= 15 is 0 Å². The Hall–Kier alpha value is -1.08. The third-order valence-electron chi connectivity index (χ3n) is 3.54. The standard InChI is InChI=1S/C16H14BrClO4S/c1-10-2-4-14(5-3-10)23(19,20)21-9-13-7-11-6-12(18)8-15(17)16(11)22-13/h2-6,8,13H,7,9H2,1H3. The van der Waals surface area contributed by atoms with E-state index in [0.717, 1.165) is 15.6 Å². The van der Waals surface area contributed by atoms with Crippen molar-refractivity contribution in [2.75, 3.05) is 6.61 Å². The lowest BCUT2D eigenvalue weighted by Crippen LogP contribution is -2.23.